The van der Waals surface area contributed by atoms with Crippen molar-refractivity contribution in [3.8, 4) is 0 Å². The van der Waals surface area contributed by atoms with E-state index in [4.69, 9.17) is 0 Å². The van der Waals surface area contributed by atoms with Crippen LogP contribution in [-0.4, -0.2) is 4.57 Å². The molecule has 80 valence electrons. The molecule has 0 saturated carbocycles. The molecule has 2 heterocycles. The Morgan fingerprint density at radius 1 is 1.31 bits per heavy atom. The number of nitrogens with zero attached hydrogens (tertiary/aromatic N) is 1. The molecular weight excluding hydrogens is 198 g/mol. The lowest BCUT2D eigenvalue weighted by Gasteiger charge is -2.18. The van der Waals surface area contributed by atoms with Gasteiger partial charge in [-0.1, -0.05) is 31.2 Å². The molecule has 0 spiro atoms. The predicted octanol–water partition coefficient (Wildman–Crippen LogP) is 2.66. The molecule has 0 bridgehead atoms. The Morgan fingerprint density at radius 3 is 3.00 bits per heavy atom. The fraction of sp³-hybridized carbons (Fsp3) is 0.214. The van der Waals surface area contributed by atoms with Gasteiger partial charge in [0.1, 0.15) is 0 Å². The van der Waals surface area contributed by atoms with E-state index < -0.39 is 0 Å². The van der Waals surface area contributed by atoms with Crippen LogP contribution in [0.15, 0.2) is 41.2 Å². The third-order valence-corrected chi connectivity index (χ3v) is 3.14. The Morgan fingerprint density at radius 2 is 2.12 bits per heavy atom. The topological polar surface area (TPSA) is 22.0 Å². The van der Waals surface area contributed by atoms with E-state index >= 15 is 0 Å². The standard InChI is InChI=1S/C14H13NO/c1-10-6-7-15-12(8-10)9-11-4-2-3-5-13(11)14(15)16/h2-7,9-10H,8H2,1H3/t10-/m1/s1. The summed E-state index contributed by atoms with van der Waals surface area (Å²) in [5.74, 6) is 0.514. The molecular formula is C14H13NO. The van der Waals surface area contributed by atoms with Crippen molar-refractivity contribution in [3.63, 3.8) is 0 Å². The molecule has 0 fully saturated rings. The number of fused-ring (bicyclic) bond motifs is 2. The Balaban J connectivity index is 2.40. The minimum atomic E-state index is 0.0938. The first-order valence-corrected chi connectivity index (χ1v) is 5.57. The van der Waals surface area contributed by atoms with Gasteiger partial charge in [-0.25, -0.2) is 0 Å². The second-order valence-electron chi connectivity index (χ2n) is 4.42. The summed E-state index contributed by atoms with van der Waals surface area (Å²) in [6.07, 6.45) is 4.93. The zero-order chi connectivity index (χ0) is 11.1. The summed E-state index contributed by atoms with van der Waals surface area (Å²) in [7, 11) is 0. The van der Waals surface area contributed by atoms with Crippen molar-refractivity contribution in [2.45, 2.75) is 13.3 Å². The second kappa shape index (κ2) is 3.34. The third-order valence-electron chi connectivity index (χ3n) is 3.14. The lowest BCUT2D eigenvalue weighted by Crippen LogP contribution is -2.23. The summed E-state index contributed by atoms with van der Waals surface area (Å²) in [5, 5.41) is 1.84. The normalized spacial score (nSPS) is 18.7. The number of hydrogen-bond donors (Lipinski definition) is 0. The summed E-state index contributed by atoms with van der Waals surface area (Å²) in [5.41, 5.74) is 1.20. The van der Waals surface area contributed by atoms with Gasteiger partial charge in [0, 0.05) is 17.3 Å². The van der Waals surface area contributed by atoms with Gasteiger partial charge in [0.25, 0.3) is 5.56 Å². The molecule has 1 atom stereocenters. The van der Waals surface area contributed by atoms with Crippen LogP contribution < -0.4 is 5.56 Å². The maximum atomic E-state index is 12.2. The van der Waals surface area contributed by atoms with E-state index in [0.717, 1.165) is 22.9 Å². The highest BCUT2D eigenvalue weighted by atomic mass is 16.1. The molecule has 1 aromatic carbocycles. The Bertz CT molecular complexity index is 637. The highest BCUT2D eigenvalue weighted by Crippen LogP contribution is 2.19. The number of benzene rings is 1. The van der Waals surface area contributed by atoms with E-state index in [1.165, 1.54) is 0 Å². The minimum absolute atomic E-state index is 0.0938. The van der Waals surface area contributed by atoms with Crippen LogP contribution >= 0.6 is 0 Å². The molecule has 0 N–H and O–H groups in total. The summed E-state index contributed by atoms with van der Waals surface area (Å²) in [6.45, 7) is 2.17. The van der Waals surface area contributed by atoms with Crippen molar-refractivity contribution in [3.05, 3.63) is 52.5 Å². The summed E-state index contributed by atoms with van der Waals surface area (Å²) >= 11 is 0. The van der Waals surface area contributed by atoms with Crippen LogP contribution in [0.1, 0.15) is 12.6 Å². The fourth-order valence-corrected chi connectivity index (χ4v) is 2.28. The zero-order valence-corrected chi connectivity index (χ0v) is 9.18. The monoisotopic (exact) mass is 211 g/mol. The predicted molar refractivity (Wildman–Crippen MR) is 66.4 cm³/mol. The number of pyridine rings is 1. The molecule has 0 unspecified atom stereocenters. The van der Waals surface area contributed by atoms with E-state index in [-0.39, 0.29) is 5.56 Å². The lowest BCUT2D eigenvalue weighted by molar-refractivity contribution is 0.670. The van der Waals surface area contributed by atoms with E-state index in [9.17, 15) is 4.79 Å². The molecule has 0 amide bonds. The van der Waals surface area contributed by atoms with Gasteiger partial charge in [0.15, 0.2) is 0 Å². The van der Waals surface area contributed by atoms with Crippen LogP contribution in [0.25, 0.3) is 17.0 Å². The van der Waals surface area contributed by atoms with Gasteiger partial charge in [-0.15, -0.1) is 0 Å². The Kier molecular flexibility index (Phi) is 1.96. The van der Waals surface area contributed by atoms with Gasteiger partial charge in [-0.2, -0.15) is 0 Å². The number of aromatic nitrogens is 1. The maximum absolute atomic E-state index is 12.2. The molecule has 1 aliphatic rings. The second-order valence-corrected chi connectivity index (χ2v) is 4.42. The molecule has 0 radical (unpaired) electrons. The van der Waals surface area contributed by atoms with Gasteiger partial charge >= 0.3 is 0 Å². The quantitative estimate of drug-likeness (QED) is 0.656. The van der Waals surface area contributed by atoms with Crippen molar-refractivity contribution in [1.82, 2.24) is 4.57 Å². The molecule has 2 nitrogen and oxygen atoms in total. The zero-order valence-electron chi connectivity index (χ0n) is 9.18. The molecule has 2 heteroatoms. The van der Waals surface area contributed by atoms with Gasteiger partial charge < -0.3 is 0 Å². The minimum Gasteiger partial charge on any atom is -0.288 e. The molecule has 1 aromatic heterocycles. The lowest BCUT2D eigenvalue weighted by atomic mass is 10.0. The average molecular weight is 211 g/mol. The van der Waals surface area contributed by atoms with Crippen LogP contribution in [-0.2, 0) is 6.42 Å². The number of allylic oxidation sites excluding steroid dienone is 1. The molecule has 1 aliphatic heterocycles. The Hall–Kier alpha value is -1.83. The maximum Gasteiger partial charge on any atom is 0.262 e. The molecule has 3 rings (SSSR count). The number of rotatable bonds is 0. The van der Waals surface area contributed by atoms with Crippen LogP contribution in [0.4, 0.5) is 0 Å². The van der Waals surface area contributed by atoms with E-state index in [1.807, 2.05) is 30.5 Å². The van der Waals surface area contributed by atoms with Crippen molar-refractivity contribution in [2.24, 2.45) is 5.92 Å². The van der Waals surface area contributed by atoms with Gasteiger partial charge in [0.05, 0.1) is 0 Å². The van der Waals surface area contributed by atoms with Gasteiger partial charge in [-0.3, -0.25) is 9.36 Å². The van der Waals surface area contributed by atoms with E-state index in [2.05, 4.69) is 19.1 Å². The average Bonchev–Trinajstić information content (AvgIpc) is 2.29. The first kappa shape index (κ1) is 9.40. The van der Waals surface area contributed by atoms with Crippen LogP contribution in [0.5, 0.6) is 0 Å². The smallest absolute Gasteiger partial charge is 0.262 e. The summed E-state index contributed by atoms with van der Waals surface area (Å²) in [4.78, 5) is 12.2. The van der Waals surface area contributed by atoms with Crippen molar-refractivity contribution in [1.29, 1.82) is 0 Å². The highest BCUT2D eigenvalue weighted by Gasteiger charge is 2.12. The van der Waals surface area contributed by atoms with Crippen LogP contribution in [0.2, 0.25) is 0 Å². The van der Waals surface area contributed by atoms with Crippen molar-refractivity contribution in [2.75, 3.05) is 0 Å². The van der Waals surface area contributed by atoms with Crippen LogP contribution in [0.3, 0.4) is 0 Å². The molecule has 0 saturated heterocycles. The van der Waals surface area contributed by atoms with E-state index in [1.54, 1.807) is 4.57 Å². The van der Waals surface area contributed by atoms with Crippen LogP contribution in [0, 0.1) is 5.92 Å². The molecule has 0 aliphatic carbocycles. The Labute approximate surface area is 93.8 Å². The summed E-state index contributed by atoms with van der Waals surface area (Å²) in [6, 6.07) is 9.89. The highest BCUT2D eigenvalue weighted by molar-refractivity contribution is 5.82. The SMILES string of the molecule is C[C@@H]1C=Cn2c(cc3ccccc3c2=O)C1. The van der Waals surface area contributed by atoms with Gasteiger partial charge in [0.2, 0.25) is 0 Å². The molecule has 2 aromatic rings. The van der Waals surface area contributed by atoms with Crippen molar-refractivity contribution >= 4 is 17.0 Å². The summed E-state index contributed by atoms with van der Waals surface area (Å²) < 4.78 is 1.77. The fourth-order valence-electron chi connectivity index (χ4n) is 2.28. The number of hydrogen-bond acceptors (Lipinski definition) is 1. The third kappa shape index (κ3) is 1.30. The first-order valence-electron chi connectivity index (χ1n) is 5.57. The largest absolute Gasteiger partial charge is 0.288 e. The van der Waals surface area contributed by atoms with Gasteiger partial charge in [-0.05, 0) is 29.9 Å². The molecule has 16 heavy (non-hydrogen) atoms. The van der Waals surface area contributed by atoms with Crippen molar-refractivity contribution < 1.29 is 0 Å². The van der Waals surface area contributed by atoms with E-state index in [0.29, 0.717) is 5.92 Å². The first-order chi connectivity index (χ1) is 7.75.